The van der Waals surface area contributed by atoms with Gasteiger partial charge in [0.25, 0.3) is 0 Å². The van der Waals surface area contributed by atoms with Gasteiger partial charge in [-0.1, -0.05) is 24.6 Å². The topological polar surface area (TPSA) is 92.4 Å². The number of nitrogens with one attached hydrogen (secondary N) is 1. The summed E-state index contributed by atoms with van der Waals surface area (Å²) in [4.78, 5) is 22.2. The van der Waals surface area contributed by atoms with Gasteiger partial charge in [-0.05, 0) is 25.7 Å². The summed E-state index contributed by atoms with van der Waals surface area (Å²) in [5, 5.41) is 10.9. The van der Waals surface area contributed by atoms with E-state index in [-0.39, 0.29) is 5.92 Å². The number of hydrogen-bond acceptors (Lipinski definition) is 3. The molecule has 0 aromatic rings. The second kappa shape index (κ2) is 5.44. The Kier molecular flexibility index (Phi) is 4.40. The molecule has 1 aliphatic carbocycles. The molecule has 0 spiro atoms. The molecular formula is C12H17ClN2O3. The van der Waals surface area contributed by atoms with E-state index in [9.17, 15) is 9.59 Å². The van der Waals surface area contributed by atoms with E-state index in [4.69, 9.17) is 22.4 Å². The van der Waals surface area contributed by atoms with Crippen molar-refractivity contribution in [3.05, 3.63) is 22.9 Å². The maximum absolute atomic E-state index is 11.7. The summed E-state index contributed by atoms with van der Waals surface area (Å²) in [6.07, 6.45) is 4.07. The predicted molar refractivity (Wildman–Crippen MR) is 68.8 cm³/mol. The molecule has 4 N–H and O–H groups in total. The Labute approximate surface area is 111 Å². The van der Waals surface area contributed by atoms with Crippen molar-refractivity contribution in [1.82, 2.24) is 5.32 Å². The van der Waals surface area contributed by atoms with Crippen molar-refractivity contribution in [3.8, 4) is 0 Å². The molecule has 5 nitrogen and oxygen atoms in total. The molecule has 0 fully saturated rings. The lowest BCUT2D eigenvalue weighted by Crippen LogP contribution is -2.51. The maximum atomic E-state index is 11.7. The fourth-order valence-corrected chi connectivity index (χ4v) is 1.97. The lowest BCUT2D eigenvalue weighted by atomic mass is 9.77. The number of halogens is 1. The lowest BCUT2D eigenvalue weighted by Gasteiger charge is -2.38. The van der Waals surface area contributed by atoms with Crippen LogP contribution in [0.25, 0.3) is 0 Å². The van der Waals surface area contributed by atoms with Gasteiger partial charge in [0.05, 0.1) is 0 Å². The standard InChI is InChI=1S/C12H17ClN2O3/c1-7-5-8(14)3-4-12(7,2)15-10(16)6-9(13)11(17)18/h3,6-7H,4-5,14H2,1-2H3,(H,15,16)(H,17,18)/b9-6-/t7?,12-/m1/s1. The third-order valence-electron chi connectivity index (χ3n) is 3.29. The number of carboxylic acid groups (broad SMARTS) is 1. The molecule has 2 atom stereocenters. The molecule has 0 aliphatic heterocycles. The molecule has 6 heteroatoms. The highest BCUT2D eigenvalue weighted by atomic mass is 35.5. The van der Waals surface area contributed by atoms with Crippen LogP contribution in [0.4, 0.5) is 0 Å². The van der Waals surface area contributed by atoms with Gasteiger partial charge in [-0.15, -0.1) is 0 Å². The number of carbonyl (C=O) groups is 2. The van der Waals surface area contributed by atoms with E-state index in [0.717, 1.165) is 11.8 Å². The molecule has 1 rings (SSSR count). The minimum absolute atomic E-state index is 0.170. The number of carboxylic acids is 1. The highest BCUT2D eigenvalue weighted by molar-refractivity contribution is 6.42. The number of amides is 1. The number of nitrogens with two attached hydrogens (primary N) is 1. The average Bonchev–Trinajstić information content (AvgIpc) is 2.24. The van der Waals surface area contributed by atoms with Crippen LogP contribution in [-0.2, 0) is 9.59 Å². The van der Waals surface area contributed by atoms with Crippen molar-refractivity contribution >= 4 is 23.5 Å². The lowest BCUT2D eigenvalue weighted by molar-refractivity contribution is -0.132. The Hall–Kier alpha value is -1.49. The first-order valence-electron chi connectivity index (χ1n) is 5.62. The average molecular weight is 273 g/mol. The molecule has 0 aromatic carbocycles. The molecule has 0 aromatic heterocycles. The first-order valence-corrected chi connectivity index (χ1v) is 5.99. The molecule has 100 valence electrons. The van der Waals surface area contributed by atoms with Crippen LogP contribution in [0, 0.1) is 5.92 Å². The molecule has 1 unspecified atom stereocenters. The molecule has 0 saturated carbocycles. The number of hydrogen-bond donors (Lipinski definition) is 3. The quantitative estimate of drug-likeness (QED) is 0.676. The van der Waals surface area contributed by atoms with E-state index in [0.29, 0.717) is 12.8 Å². The van der Waals surface area contributed by atoms with Crippen LogP contribution in [0.5, 0.6) is 0 Å². The molecule has 0 bridgehead atoms. The van der Waals surface area contributed by atoms with E-state index in [1.165, 1.54) is 0 Å². The summed E-state index contributed by atoms with van der Waals surface area (Å²) in [5.74, 6) is -1.66. The Balaban J connectivity index is 2.75. The SMILES string of the molecule is CC1CC(N)=CC[C@@]1(C)NC(=O)/C=C(\Cl)C(=O)O. The molecule has 0 radical (unpaired) electrons. The van der Waals surface area contributed by atoms with Gasteiger partial charge in [0.2, 0.25) is 5.91 Å². The number of rotatable bonds is 3. The molecule has 1 aliphatic rings. The zero-order chi connectivity index (χ0) is 13.9. The van der Waals surface area contributed by atoms with Gasteiger partial charge in [0, 0.05) is 17.3 Å². The number of aliphatic carboxylic acids is 1. The van der Waals surface area contributed by atoms with E-state index >= 15 is 0 Å². The minimum atomic E-state index is -1.32. The zero-order valence-corrected chi connectivity index (χ0v) is 11.1. The Morgan fingerprint density at radius 2 is 2.28 bits per heavy atom. The normalized spacial score (nSPS) is 28.5. The molecular weight excluding hydrogens is 256 g/mol. The van der Waals surface area contributed by atoms with Gasteiger partial charge in [-0.3, -0.25) is 4.79 Å². The highest BCUT2D eigenvalue weighted by Crippen LogP contribution is 2.31. The van der Waals surface area contributed by atoms with Gasteiger partial charge in [0.1, 0.15) is 5.03 Å². The molecule has 0 saturated heterocycles. The van der Waals surface area contributed by atoms with Crippen LogP contribution >= 0.6 is 11.6 Å². The van der Waals surface area contributed by atoms with Crippen LogP contribution < -0.4 is 11.1 Å². The minimum Gasteiger partial charge on any atom is -0.477 e. The molecule has 18 heavy (non-hydrogen) atoms. The van der Waals surface area contributed by atoms with E-state index < -0.39 is 22.4 Å². The van der Waals surface area contributed by atoms with Crippen LogP contribution in [0.2, 0.25) is 0 Å². The fraction of sp³-hybridized carbons (Fsp3) is 0.500. The Morgan fingerprint density at radius 1 is 1.67 bits per heavy atom. The van der Waals surface area contributed by atoms with Crippen molar-refractivity contribution < 1.29 is 14.7 Å². The van der Waals surface area contributed by atoms with Gasteiger partial charge >= 0.3 is 5.97 Å². The predicted octanol–water partition coefficient (Wildman–Crippen LogP) is 1.34. The van der Waals surface area contributed by atoms with Gasteiger partial charge in [-0.2, -0.15) is 0 Å². The van der Waals surface area contributed by atoms with Crippen LogP contribution in [0.1, 0.15) is 26.7 Å². The fourth-order valence-electron chi connectivity index (χ4n) is 1.88. The zero-order valence-electron chi connectivity index (χ0n) is 10.4. The largest absolute Gasteiger partial charge is 0.477 e. The summed E-state index contributed by atoms with van der Waals surface area (Å²) in [5.41, 5.74) is 6.11. The summed E-state index contributed by atoms with van der Waals surface area (Å²) >= 11 is 5.40. The van der Waals surface area contributed by atoms with Crippen molar-refractivity contribution in [2.24, 2.45) is 11.7 Å². The highest BCUT2D eigenvalue weighted by Gasteiger charge is 2.34. The first kappa shape index (κ1) is 14.6. The smallest absolute Gasteiger partial charge is 0.347 e. The third kappa shape index (κ3) is 3.50. The van der Waals surface area contributed by atoms with E-state index in [1.54, 1.807) is 0 Å². The monoisotopic (exact) mass is 272 g/mol. The maximum Gasteiger partial charge on any atom is 0.347 e. The van der Waals surface area contributed by atoms with Crippen molar-refractivity contribution in [3.63, 3.8) is 0 Å². The molecule has 0 heterocycles. The summed E-state index contributed by atoms with van der Waals surface area (Å²) < 4.78 is 0. The van der Waals surface area contributed by atoms with E-state index in [1.807, 2.05) is 19.9 Å². The van der Waals surface area contributed by atoms with Gasteiger partial charge < -0.3 is 16.2 Å². The second-order valence-electron chi connectivity index (χ2n) is 4.79. The van der Waals surface area contributed by atoms with Gasteiger partial charge in [0.15, 0.2) is 0 Å². The summed E-state index contributed by atoms with van der Waals surface area (Å²) in [6.45, 7) is 3.89. The second-order valence-corrected chi connectivity index (χ2v) is 5.20. The Morgan fingerprint density at radius 3 is 2.78 bits per heavy atom. The molecule has 1 amide bonds. The Bertz CT molecular complexity index is 431. The van der Waals surface area contributed by atoms with Gasteiger partial charge in [-0.25, -0.2) is 4.79 Å². The summed E-state index contributed by atoms with van der Waals surface area (Å²) in [7, 11) is 0. The number of allylic oxidation sites excluding steroid dienone is 1. The first-order chi connectivity index (χ1) is 8.24. The van der Waals surface area contributed by atoms with Crippen molar-refractivity contribution in [2.75, 3.05) is 0 Å². The summed E-state index contributed by atoms with van der Waals surface area (Å²) in [6, 6.07) is 0. The van der Waals surface area contributed by atoms with E-state index in [2.05, 4.69) is 5.32 Å². The van der Waals surface area contributed by atoms with Crippen molar-refractivity contribution in [1.29, 1.82) is 0 Å². The van der Waals surface area contributed by atoms with Crippen LogP contribution in [-0.4, -0.2) is 22.5 Å². The third-order valence-corrected chi connectivity index (χ3v) is 3.56. The van der Waals surface area contributed by atoms with Crippen molar-refractivity contribution in [2.45, 2.75) is 32.2 Å². The van der Waals surface area contributed by atoms with Crippen LogP contribution in [0.3, 0.4) is 0 Å². The van der Waals surface area contributed by atoms with Crippen LogP contribution in [0.15, 0.2) is 22.9 Å². The number of carbonyl (C=O) groups excluding carboxylic acids is 1.